The lowest BCUT2D eigenvalue weighted by Gasteiger charge is -2.26. The predicted molar refractivity (Wildman–Crippen MR) is 148 cm³/mol. The molecule has 0 aliphatic carbocycles. The van der Waals surface area contributed by atoms with Crippen molar-refractivity contribution in [1.82, 2.24) is 0 Å². The molecule has 16 heteroatoms. The van der Waals surface area contributed by atoms with Gasteiger partial charge in [-0.3, -0.25) is 9.59 Å². The number of carbonyl (C=O) groups excluding carboxylic acids is 4. The lowest BCUT2D eigenvalue weighted by Crippen LogP contribution is -2.37. The number of hydrogen-bond donors (Lipinski definition) is 2. The molecule has 1 atom stereocenters. The van der Waals surface area contributed by atoms with E-state index in [9.17, 15) is 19.2 Å². The van der Waals surface area contributed by atoms with Crippen LogP contribution in [0.25, 0.3) is 0 Å². The van der Waals surface area contributed by atoms with Crippen LogP contribution in [0.15, 0.2) is 0 Å². The summed E-state index contributed by atoms with van der Waals surface area (Å²) in [4.78, 5) is 47.9. The highest BCUT2D eigenvalue weighted by atomic mass is 33.1. The fourth-order valence-electron chi connectivity index (χ4n) is 3.11. The third kappa shape index (κ3) is 13.3. The minimum Gasteiger partial charge on any atom is -0.465 e. The first kappa shape index (κ1) is 34.0. The molecule has 2 rings (SSSR count). The molecule has 2 N–H and O–H groups in total. The Bertz CT molecular complexity index is 787. The van der Waals surface area contributed by atoms with Crippen molar-refractivity contribution in [3.63, 3.8) is 0 Å². The summed E-state index contributed by atoms with van der Waals surface area (Å²) in [5, 5.41) is 17.7. The van der Waals surface area contributed by atoms with Gasteiger partial charge in [0.15, 0.2) is 0 Å². The number of ether oxygens (including phenoxy) is 6. The van der Waals surface area contributed by atoms with Gasteiger partial charge in [0, 0.05) is 49.1 Å². The van der Waals surface area contributed by atoms with E-state index in [0.717, 1.165) is 0 Å². The summed E-state index contributed by atoms with van der Waals surface area (Å²) in [5.41, 5.74) is -1.07. The summed E-state index contributed by atoms with van der Waals surface area (Å²) in [6.45, 7) is 1.28. The van der Waals surface area contributed by atoms with Crippen LogP contribution in [-0.4, -0.2) is 110 Å². The van der Waals surface area contributed by atoms with E-state index < -0.39 is 41.2 Å². The van der Waals surface area contributed by atoms with Crippen LogP contribution in [0.4, 0.5) is 9.59 Å². The van der Waals surface area contributed by atoms with Crippen LogP contribution in [0.2, 0.25) is 0 Å². The molecule has 2 heterocycles. The van der Waals surface area contributed by atoms with Gasteiger partial charge in [0.05, 0.1) is 10.8 Å². The van der Waals surface area contributed by atoms with E-state index in [2.05, 4.69) is 0 Å². The quantitative estimate of drug-likeness (QED) is 0.136. The monoisotopic (exact) mass is 632 g/mol. The number of aliphatic hydroxyl groups is 2. The van der Waals surface area contributed by atoms with E-state index in [1.807, 2.05) is 0 Å². The summed E-state index contributed by atoms with van der Waals surface area (Å²) in [7, 11) is 6.37. The van der Waals surface area contributed by atoms with Crippen molar-refractivity contribution >= 4 is 67.4 Å². The van der Waals surface area contributed by atoms with Crippen LogP contribution in [0, 0.1) is 10.8 Å². The van der Waals surface area contributed by atoms with Crippen LogP contribution in [0.5, 0.6) is 0 Å². The minimum absolute atomic E-state index is 0.000919. The van der Waals surface area contributed by atoms with Gasteiger partial charge >= 0.3 is 24.2 Å². The fraction of sp³-hybridized carbons (Fsp3) is 0.826. The molecule has 2 aliphatic rings. The smallest absolute Gasteiger partial charge is 0.465 e. The van der Waals surface area contributed by atoms with E-state index in [1.54, 1.807) is 43.2 Å². The van der Waals surface area contributed by atoms with Gasteiger partial charge in [-0.15, -0.1) is 0 Å². The lowest BCUT2D eigenvalue weighted by molar-refractivity contribution is -0.148. The Balaban J connectivity index is 1.67. The molecule has 0 spiro atoms. The highest BCUT2D eigenvalue weighted by Crippen LogP contribution is 2.44. The Kier molecular flexibility index (Phi) is 15.9. The van der Waals surface area contributed by atoms with Gasteiger partial charge in [-0.2, -0.15) is 0 Å². The second-order valence-electron chi connectivity index (χ2n) is 9.34. The first-order valence-corrected chi connectivity index (χ1v) is 17.3. The first-order chi connectivity index (χ1) is 18.7. The second-order valence-corrected chi connectivity index (χ2v) is 14.3. The number of carbonyl (C=O) groups is 4. The van der Waals surface area contributed by atoms with E-state index in [0.29, 0.717) is 35.9 Å². The van der Waals surface area contributed by atoms with Crippen molar-refractivity contribution < 1.29 is 57.8 Å². The molecule has 0 unspecified atom stereocenters. The molecule has 0 amide bonds. The second kappa shape index (κ2) is 18.3. The SMILES string of the molecule is C[C@H](COC(=O)OCC1(COC(=O)CCCO)CSSC1)OC(=O)OCC1(COC(=O)CCCO)CSSC1. The molecule has 0 bridgehead atoms. The van der Waals surface area contributed by atoms with Crippen molar-refractivity contribution in [1.29, 1.82) is 0 Å². The van der Waals surface area contributed by atoms with Gasteiger partial charge in [-0.1, -0.05) is 43.2 Å². The largest absolute Gasteiger partial charge is 0.508 e. The van der Waals surface area contributed by atoms with Crippen LogP contribution < -0.4 is 0 Å². The summed E-state index contributed by atoms with van der Waals surface area (Å²) >= 11 is 0. The molecule has 2 saturated heterocycles. The minimum atomic E-state index is -0.936. The number of esters is 2. The van der Waals surface area contributed by atoms with Crippen molar-refractivity contribution in [2.45, 2.75) is 38.7 Å². The number of rotatable bonds is 17. The predicted octanol–water partition coefficient (Wildman–Crippen LogP) is 3.08. The highest BCUT2D eigenvalue weighted by molar-refractivity contribution is 8.77. The summed E-state index contributed by atoms with van der Waals surface area (Å²) in [6, 6.07) is 0. The molecule has 0 aromatic heterocycles. The molecule has 0 saturated carbocycles. The van der Waals surface area contributed by atoms with Gasteiger partial charge in [-0.05, 0) is 19.8 Å². The van der Waals surface area contributed by atoms with Crippen LogP contribution >= 0.6 is 43.2 Å². The Labute approximate surface area is 243 Å². The topological polar surface area (TPSA) is 164 Å². The third-order valence-corrected chi connectivity index (χ3v) is 11.2. The Hall–Kier alpha value is -1.20. The molecule has 2 aliphatic heterocycles. The molecule has 12 nitrogen and oxygen atoms in total. The normalized spacial score (nSPS) is 18.1. The summed E-state index contributed by atoms with van der Waals surface area (Å²) < 4.78 is 31.3. The van der Waals surface area contributed by atoms with E-state index in [4.69, 9.17) is 38.6 Å². The van der Waals surface area contributed by atoms with Crippen LogP contribution in [0.3, 0.4) is 0 Å². The lowest BCUT2D eigenvalue weighted by atomic mass is 9.95. The average molecular weight is 633 g/mol. The molecule has 0 aromatic rings. The van der Waals surface area contributed by atoms with Crippen molar-refractivity contribution in [2.24, 2.45) is 10.8 Å². The Morgan fingerprint density at radius 3 is 1.51 bits per heavy atom. The van der Waals surface area contributed by atoms with Crippen molar-refractivity contribution in [3.8, 4) is 0 Å². The van der Waals surface area contributed by atoms with Gasteiger partial charge < -0.3 is 38.6 Å². The van der Waals surface area contributed by atoms with E-state index in [1.165, 1.54) is 6.92 Å². The zero-order chi connectivity index (χ0) is 28.6. The fourth-order valence-corrected chi connectivity index (χ4v) is 9.78. The van der Waals surface area contributed by atoms with Gasteiger partial charge in [0.25, 0.3) is 0 Å². The standard InChI is InChI=1S/C23H36O12S4/c1-17(35-21(29)34-12-23(15-38-39-16-23)10-32-19(27)5-3-7-25)8-30-20(28)33-11-22(13-36-37-14-22)9-31-18(26)4-2-6-24/h17,24-25H,2-16H2,1H3/t17-/m1/s1. The maximum Gasteiger partial charge on any atom is 0.508 e. The third-order valence-electron chi connectivity index (χ3n) is 5.51. The number of hydrogen-bond acceptors (Lipinski definition) is 16. The molecular formula is C23H36O12S4. The first-order valence-electron chi connectivity index (χ1n) is 12.4. The summed E-state index contributed by atoms with van der Waals surface area (Å²) in [5.74, 6) is 1.68. The Morgan fingerprint density at radius 1 is 0.667 bits per heavy atom. The van der Waals surface area contributed by atoms with Crippen molar-refractivity contribution in [3.05, 3.63) is 0 Å². The van der Waals surface area contributed by atoms with Gasteiger partial charge in [0.1, 0.15) is 39.1 Å². The zero-order valence-corrected chi connectivity index (χ0v) is 25.1. The molecule has 2 fully saturated rings. The molecule has 39 heavy (non-hydrogen) atoms. The zero-order valence-electron chi connectivity index (χ0n) is 21.8. The number of aliphatic hydroxyl groups excluding tert-OH is 2. The molecule has 0 aromatic carbocycles. The van der Waals surface area contributed by atoms with Crippen LogP contribution in [-0.2, 0) is 38.0 Å². The van der Waals surface area contributed by atoms with Gasteiger partial charge in [-0.25, -0.2) is 9.59 Å². The molecule has 224 valence electrons. The molecular weight excluding hydrogens is 597 g/mol. The van der Waals surface area contributed by atoms with Gasteiger partial charge in [0.2, 0.25) is 0 Å². The van der Waals surface area contributed by atoms with E-state index >= 15 is 0 Å². The van der Waals surface area contributed by atoms with Crippen molar-refractivity contribution in [2.75, 3.05) is 69.3 Å². The maximum atomic E-state index is 12.2. The summed E-state index contributed by atoms with van der Waals surface area (Å²) in [6.07, 6.45) is -1.79. The van der Waals surface area contributed by atoms with Crippen LogP contribution in [0.1, 0.15) is 32.6 Å². The Morgan fingerprint density at radius 2 is 1.08 bits per heavy atom. The highest BCUT2D eigenvalue weighted by Gasteiger charge is 2.40. The maximum absolute atomic E-state index is 12.2. The molecule has 0 radical (unpaired) electrons. The van der Waals surface area contributed by atoms with E-state index in [-0.39, 0.29) is 59.1 Å². The average Bonchev–Trinajstić information content (AvgIpc) is 3.60.